The van der Waals surface area contributed by atoms with Gasteiger partial charge in [-0.15, -0.1) is 11.8 Å². The lowest BCUT2D eigenvalue weighted by molar-refractivity contribution is -0.123. The maximum atomic E-state index is 13.8. The lowest BCUT2D eigenvalue weighted by Gasteiger charge is -2.25. The minimum atomic E-state index is -0.331. The highest BCUT2D eigenvalue weighted by Gasteiger charge is 2.40. The van der Waals surface area contributed by atoms with E-state index >= 15 is 0 Å². The summed E-state index contributed by atoms with van der Waals surface area (Å²) in [6, 6.07) is 22.3. The molecule has 212 valence electrons. The second kappa shape index (κ2) is 11.5. The first kappa shape index (κ1) is 28.6. The predicted molar refractivity (Wildman–Crippen MR) is 163 cm³/mol. The first-order valence-electron chi connectivity index (χ1n) is 13.7. The second-order valence-electron chi connectivity index (χ2n) is 11.5. The average Bonchev–Trinajstić information content (AvgIpc) is 3.27. The summed E-state index contributed by atoms with van der Waals surface area (Å²) in [6.45, 7) is 10.6. The van der Waals surface area contributed by atoms with Crippen molar-refractivity contribution in [2.45, 2.75) is 51.8 Å². The summed E-state index contributed by atoms with van der Waals surface area (Å²) in [5, 5.41) is 7.92. The van der Waals surface area contributed by atoms with Crippen LogP contribution in [0.15, 0.2) is 72.8 Å². The number of fused-ring (bicyclic) bond motifs is 1. The molecule has 2 heterocycles. The van der Waals surface area contributed by atoms with Crippen LogP contribution in [0.4, 0.5) is 10.2 Å². The third kappa shape index (κ3) is 6.07. The molecule has 0 saturated carbocycles. The molecule has 8 heteroatoms. The number of thioether (sulfide) groups is 1. The molecule has 3 aromatic carbocycles. The lowest BCUT2D eigenvalue weighted by Crippen LogP contribution is -2.42. The van der Waals surface area contributed by atoms with Crippen molar-refractivity contribution in [1.29, 1.82) is 0 Å². The van der Waals surface area contributed by atoms with E-state index < -0.39 is 0 Å². The van der Waals surface area contributed by atoms with Gasteiger partial charge in [-0.05, 0) is 60.4 Å². The van der Waals surface area contributed by atoms with Crippen LogP contribution in [0, 0.1) is 19.7 Å². The number of aryl methyl sites for hydroxylation is 2. The van der Waals surface area contributed by atoms with Gasteiger partial charge in [0.05, 0.1) is 22.4 Å². The number of nitrogens with zero attached hydrogens (tertiary/aromatic N) is 3. The van der Waals surface area contributed by atoms with Crippen LogP contribution in [-0.4, -0.2) is 33.9 Å². The number of carbonyl (C=O) groups excluding carboxylic acids is 2. The molecule has 1 aliphatic heterocycles. The van der Waals surface area contributed by atoms with Gasteiger partial charge >= 0.3 is 0 Å². The maximum absolute atomic E-state index is 13.8. The van der Waals surface area contributed by atoms with Gasteiger partial charge in [-0.25, -0.2) is 9.07 Å². The molecule has 1 unspecified atom stereocenters. The minimum absolute atomic E-state index is 0.143. The number of halogens is 1. The molecule has 0 fully saturated rings. The maximum Gasteiger partial charge on any atom is 0.240 e. The monoisotopic (exact) mass is 570 g/mol. The Kier molecular flexibility index (Phi) is 8.04. The Morgan fingerprint density at radius 1 is 1.05 bits per heavy atom. The number of carbonyl (C=O) groups is 2. The van der Waals surface area contributed by atoms with Crippen LogP contribution >= 0.6 is 11.8 Å². The number of aromatic nitrogens is 2. The van der Waals surface area contributed by atoms with Crippen LogP contribution in [0.5, 0.6) is 0 Å². The van der Waals surface area contributed by atoms with Crippen molar-refractivity contribution in [2.24, 2.45) is 0 Å². The number of nitrogens with one attached hydrogen (secondary N) is 1. The summed E-state index contributed by atoms with van der Waals surface area (Å²) < 4.78 is 15.2. The average molecular weight is 571 g/mol. The summed E-state index contributed by atoms with van der Waals surface area (Å²) in [5.74, 6) is 0.0557. The first-order valence-corrected chi connectivity index (χ1v) is 14.8. The number of hydrogen-bond acceptors (Lipinski definition) is 4. The summed E-state index contributed by atoms with van der Waals surface area (Å²) in [7, 11) is 0. The fourth-order valence-electron chi connectivity index (χ4n) is 5.14. The molecule has 0 spiro atoms. The van der Waals surface area contributed by atoms with Gasteiger partial charge < -0.3 is 5.32 Å². The Bertz CT molecular complexity index is 1590. The molecule has 1 atom stereocenters. The molecule has 1 aromatic heterocycles. The van der Waals surface area contributed by atoms with E-state index in [2.05, 4.69) is 45.1 Å². The van der Waals surface area contributed by atoms with Gasteiger partial charge in [-0.1, -0.05) is 69.3 Å². The zero-order chi connectivity index (χ0) is 29.3. The molecular formula is C33H35FN4O2S. The van der Waals surface area contributed by atoms with E-state index in [-0.39, 0.29) is 47.1 Å². The van der Waals surface area contributed by atoms with Gasteiger partial charge in [-0.2, -0.15) is 5.10 Å². The summed E-state index contributed by atoms with van der Waals surface area (Å²) >= 11 is 1.57. The minimum Gasteiger partial charge on any atom is -0.350 e. The van der Waals surface area contributed by atoms with E-state index in [1.54, 1.807) is 28.8 Å². The van der Waals surface area contributed by atoms with Crippen LogP contribution in [0.1, 0.15) is 59.5 Å². The van der Waals surface area contributed by atoms with Crippen LogP contribution in [-0.2, 0) is 21.5 Å². The van der Waals surface area contributed by atoms with Crippen molar-refractivity contribution in [2.75, 3.05) is 17.2 Å². The quantitative estimate of drug-likeness (QED) is 0.291. The van der Waals surface area contributed by atoms with Gasteiger partial charge in [0.1, 0.15) is 18.2 Å². The molecular weight excluding hydrogens is 535 g/mol. The molecule has 4 aromatic rings. The van der Waals surface area contributed by atoms with Crippen LogP contribution in [0.3, 0.4) is 0 Å². The van der Waals surface area contributed by atoms with E-state index in [9.17, 15) is 14.0 Å². The Morgan fingerprint density at radius 3 is 2.46 bits per heavy atom. The normalized spacial score (nSPS) is 15.4. The van der Waals surface area contributed by atoms with Crippen molar-refractivity contribution >= 4 is 29.4 Å². The Labute approximate surface area is 245 Å². The lowest BCUT2D eigenvalue weighted by atomic mass is 9.86. The molecule has 0 aliphatic carbocycles. The SMILES string of the molecule is Cc1cccc(-n2nc(C(C)(C)C)c3c2N(CC(=O)NCc2ccc(F)cc2)C(=O)CSC3c2ccccc2C)c1. The van der Waals surface area contributed by atoms with E-state index in [1.165, 1.54) is 12.1 Å². The highest BCUT2D eigenvalue weighted by molar-refractivity contribution is 8.00. The molecule has 0 bridgehead atoms. The van der Waals surface area contributed by atoms with E-state index in [1.807, 2.05) is 48.0 Å². The number of anilines is 1. The first-order chi connectivity index (χ1) is 19.5. The van der Waals surface area contributed by atoms with Crippen LogP contribution in [0.25, 0.3) is 5.69 Å². The van der Waals surface area contributed by atoms with Crippen molar-refractivity contribution < 1.29 is 14.0 Å². The zero-order valence-electron chi connectivity index (χ0n) is 24.1. The van der Waals surface area contributed by atoms with Gasteiger partial charge in [0, 0.05) is 17.5 Å². The highest BCUT2D eigenvalue weighted by Crippen LogP contribution is 2.49. The molecule has 1 N–H and O–H groups in total. The Morgan fingerprint density at radius 2 is 1.78 bits per heavy atom. The molecule has 0 saturated heterocycles. The number of rotatable bonds is 6. The van der Waals surface area contributed by atoms with Crippen molar-refractivity contribution in [1.82, 2.24) is 15.1 Å². The van der Waals surface area contributed by atoms with Crippen LogP contribution in [0.2, 0.25) is 0 Å². The van der Waals surface area contributed by atoms with Crippen molar-refractivity contribution in [3.8, 4) is 5.69 Å². The topological polar surface area (TPSA) is 67.2 Å². The van der Waals surface area contributed by atoms with Gasteiger partial charge in [0.15, 0.2) is 0 Å². The Hall–Kier alpha value is -3.91. The van der Waals surface area contributed by atoms with E-state index in [0.717, 1.165) is 39.2 Å². The van der Waals surface area contributed by atoms with Gasteiger partial charge in [-0.3, -0.25) is 14.5 Å². The number of amides is 2. The predicted octanol–water partition coefficient (Wildman–Crippen LogP) is 6.41. The van der Waals surface area contributed by atoms with Crippen LogP contribution < -0.4 is 10.2 Å². The fraction of sp³-hybridized carbons (Fsp3) is 0.303. The molecule has 6 nitrogen and oxygen atoms in total. The molecule has 41 heavy (non-hydrogen) atoms. The summed E-state index contributed by atoms with van der Waals surface area (Å²) in [5.41, 5.74) is 6.45. The Balaban J connectivity index is 1.64. The number of benzene rings is 3. The van der Waals surface area contributed by atoms with E-state index in [4.69, 9.17) is 5.10 Å². The molecule has 1 aliphatic rings. The fourth-order valence-corrected chi connectivity index (χ4v) is 6.43. The molecule has 5 rings (SSSR count). The zero-order valence-corrected chi connectivity index (χ0v) is 24.9. The van der Waals surface area contributed by atoms with Gasteiger partial charge in [0.25, 0.3) is 0 Å². The summed E-state index contributed by atoms with van der Waals surface area (Å²) in [4.78, 5) is 28.7. The third-order valence-electron chi connectivity index (χ3n) is 7.22. The largest absolute Gasteiger partial charge is 0.350 e. The second-order valence-corrected chi connectivity index (χ2v) is 12.6. The van der Waals surface area contributed by atoms with Gasteiger partial charge in [0.2, 0.25) is 11.8 Å². The smallest absolute Gasteiger partial charge is 0.240 e. The highest BCUT2D eigenvalue weighted by atomic mass is 32.2. The van der Waals surface area contributed by atoms with E-state index in [0.29, 0.717) is 5.82 Å². The summed E-state index contributed by atoms with van der Waals surface area (Å²) in [6.07, 6.45) is 0. The molecule has 0 radical (unpaired) electrons. The third-order valence-corrected chi connectivity index (χ3v) is 8.46. The van der Waals surface area contributed by atoms with Crippen molar-refractivity contribution in [3.63, 3.8) is 0 Å². The standard InChI is InChI=1S/C33H35FN4O2S/c1-21-9-8-11-25(17-21)38-32-29(31(36-38)33(3,4)5)30(26-12-7-6-10-22(26)2)41-20-28(40)37(32)19-27(39)35-18-23-13-15-24(34)16-14-23/h6-17,30H,18-20H2,1-5H3,(H,35,39). The number of hydrogen-bond donors (Lipinski definition) is 1. The molecule has 2 amide bonds. The van der Waals surface area contributed by atoms with Crippen molar-refractivity contribution in [3.05, 3.63) is 112 Å².